The van der Waals surface area contributed by atoms with Gasteiger partial charge < -0.3 is 16.0 Å². The lowest BCUT2D eigenvalue weighted by molar-refractivity contribution is -0.137. The Hall–Kier alpha value is -3.62. The Kier molecular flexibility index (Phi) is 6.20. The van der Waals surface area contributed by atoms with Crippen LogP contribution >= 0.6 is 0 Å². The number of nitrogens with one attached hydrogen (secondary N) is 3. The number of carbonyl (C=O) groups excluding carboxylic acids is 1. The quantitative estimate of drug-likeness (QED) is 0.514. The first-order valence-corrected chi connectivity index (χ1v) is 9.20. The molecule has 3 aromatic rings. The van der Waals surface area contributed by atoms with Crippen LogP contribution in [0.1, 0.15) is 28.5 Å². The number of rotatable bonds is 6. The lowest BCUT2D eigenvalue weighted by Gasteiger charge is -2.11. The van der Waals surface area contributed by atoms with E-state index in [1.54, 1.807) is 24.3 Å². The Balaban J connectivity index is 1.68. The van der Waals surface area contributed by atoms with Gasteiger partial charge in [0.1, 0.15) is 5.82 Å². The maximum Gasteiger partial charge on any atom is 0.416 e. The molecule has 6 nitrogen and oxygen atoms in total. The molecule has 0 radical (unpaired) electrons. The molecule has 30 heavy (non-hydrogen) atoms. The summed E-state index contributed by atoms with van der Waals surface area (Å²) in [6.45, 7) is 4.56. The van der Waals surface area contributed by atoms with Crippen LogP contribution in [0.3, 0.4) is 0 Å². The van der Waals surface area contributed by atoms with E-state index in [0.29, 0.717) is 23.1 Å². The van der Waals surface area contributed by atoms with Crippen molar-refractivity contribution in [1.29, 1.82) is 0 Å². The fraction of sp³-hybridized carbons (Fsp3) is 0.190. The van der Waals surface area contributed by atoms with Crippen LogP contribution in [0.2, 0.25) is 0 Å². The summed E-state index contributed by atoms with van der Waals surface area (Å²) in [4.78, 5) is 21.0. The van der Waals surface area contributed by atoms with E-state index in [2.05, 4.69) is 25.9 Å². The van der Waals surface area contributed by atoms with Crippen molar-refractivity contribution in [3.63, 3.8) is 0 Å². The molecule has 0 fully saturated rings. The van der Waals surface area contributed by atoms with Crippen molar-refractivity contribution in [2.75, 3.05) is 22.5 Å². The number of aromatic nitrogens is 2. The van der Waals surface area contributed by atoms with Crippen LogP contribution < -0.4 is 16.0 Å². The van der Waals surface area contributed by atoms with E-state index in [1.807, 2.05) is 19.9 Å². The molecule has 1 amide bonds. The number of halogens is 3. The minimum Gasteiger partial charge on any atom is -0.370 e. The highest BCUT2D eigenvalue weighted by atomic mass is 19.4. The van der Waals surface area contributed by atoms with E-state index in [0.717, 1.165) is 24.4 Å². The number of benzene rings is 2. The third-order valence-corrected chi connectivity index (χ3v) is 4.06. The lowest BCUT2D eigenvalue weighted by Crippen LogP contribution is -2.14. The number of anilines is 4. The summed E-state index contributed by atoms with van der Waals surface area (Å²) in [7, 11) is 0. The molecular weight excluding hydrogens is 395 g/mol. The van der Waals surface area contributed by atoms with E-state index in [9.17, 15) is 18.0 Å². The summed E-state index contributed by atoms with van der Waals surface area (Å²) < 4.78 is 38.5. The number of amides is 1. The molecule has 0 saturated heterocycles. The van der Waals surface area contributed by atoms with Crippen molar-refractivity contribution in [1.82, 2.24) is 9.97 Å². The van der Waals surface area contributed by atoms with Crippen LogP contribution in [0, 0.1) is 6.92 Å². The SMILES string of the molecule is CCNc1cc(C)nc(Nc2ccc(NC(=O)c3cccc(C(F)(F)F)c3)cc2)n1. The van der Waals surface area contributed by atoms with E-state index >= 15 is 0 Å². The van der Waals surface area contributed by atoms with Crippen molar-refractivity contribution >= 4 is 29.0 Å². The maximum absolute atomic E-state index is 12.8. The van der Waals surface area contributed by atoms with Crippen molar-refractivity contribution in [3.8, 4) is 0 Å². The molecule has 2 aromatic carbocycles. The molecule has 0 spiro atoms. The minimum absolute atomic E-state index is 0.0730. The predicted molar refractivity (Wildman–Crippen MR) is 110 cm³/mol. The molecule has 156 valence electrons. The normalized spacial score (nSPS) is 11.1. The van der Waals surface area contributed by atoms with Gasteiger partial charge in [-0.3, -0.25) is 4.79 Å². The van der Waals surface area contributed by atoms with Gasteiger partial charge in [-0.15, -0.1) is 0 Å². The van der Waals surface area contributed by atoms with Crippen molar-refractivity contribution in [2.45, 2.75) is 20.0 Å². The zero-order valence-electron chi connectivity index (χ0n) is 16.3. The standard InChI is InChI=1S/C21H20F3N5O/c1-3-25-18-11-13(2)26-20(29-18)28-17-9-7-16(8-10-17)27-19(30)14-5-4-6-15(12-14)21(22,23)24/h4-12H,3H2,1-2H3,(H,27,30)(H2,25,26,28,29). The number of hydrogen-bond acceptors (Lipinski definition) is 5. The molecule has 3 rings (SSSR count). The highest BCUT2D eigenvalue weighted by Crippen LogP contribution is 2.29. The second-order valence-electron chi connectivity index (χ2n) is 6.48. The molecule has 1 aromatic heterocycles. The van der Waals surface area contributed by atoms with Gasteiger partial charge in [-0.25, -0.2) is 4.98 Å². The van der Waals surface area contributed by atoms with Crippen LogP contribution in [-0.2, 0) is 6.18 Å². The van der Waals surface area contributed by atoms with Gasteiger partial charge in [-0.1, -0.05) is 6.07 Å². The number of carbonyl (C=O) groups is 1. The van der Waals surface area contributed by atoms with Gasteiger partial charge in [0.15, 0.2) is 0 Å². The van der Waals surface area contributed by atoms with Gasteiger partial charge in [-0.05, 0) is 56.3 Å². The Morgan fingerprint density at radius 3 is 2.37 bits per heavy atom. The summed E-state index contributed by atoms with van der Waals surface area (Å²) in [5.41, 5.74) is 0.996. The fourth-order valence-corrected chi connectivity index (χ4v) is 2.70. The highest BCUT2D eigenvalue weighted by molar-refractivity contribution is 6.04. The average molecular weight is 415 g/mol. The maximum atomic E-state index is 12.8. The van der Waals surface area contributed by atoms with Gasteiger partial charge in [-0.2, -0.15) is 18.2 Å². The number of aryl methyl sites for hydroxylation is 1. The number of hydrogen-bond donors (Lipinski definition) is 3. The third kappa shape index (κ3) is 5.47. The Bertz CT molecular complexity index is 1040. The number of nitrogens with zero attached hydrogens (tertiary/aromatic N) is 2. The summed E-state index contributed by atoms with van der Waals surface area (Å²) in [6.07, 6.45) is -4.51. The summed E-state index contributed by atoms with van der Waals surface area (Å²) >= 11 is 0. The van der Waals surface area contributed by atoms with Crippen LogP contribution in [0.5, 0.6) is 0 Å². The van der Waals surface area contributed by atoms with Crippen LogP contribution in [-0.4, -0.2) is 22.4 Å². The van der Waals surface area contributed by atoms with Gasteiger partial charge >= 0.3 is 6.18 Å². The first-order valence-electron chi connectivity index (χ1n) is 9.20. The van der Waals surface area contributed by atoms with Crippen LogP contribution in [0.4, 0.5) is 36.3 Å². The molecule has 0 aliphatic carbocycles. The molecular formula is C21H20F3N5O. The van der Waals surface area contributed by atoms with E-state index in [4.69, 9.17) is 0 Å². The van der Waals surface area contributed by atoms with Crippen LogP contribution in [0.25, 0.3) is 0 Å². The molecule has 0 aliphatic heterocycles. The van der Waals surface area contributed by atoms with E-state index in [-0.39, 0.29) is 5.56 Å². The monoisotopic (exact) mass is 415 g/mol. The van der Waals surface area contributed by atoms with Crippen LogP contribution in [0.15, 0.2) is 54.6 Å². The van der Waals surface area contributed by atoms with Gasteiger partial charge in [0.25, 0.3) is 5.91 Å². The predicted octanol–water partition coefficient (Wildman–Crippen LogP) is 5.23. The zero-order chi connectivity index (χ0) is 21.7. The van der Waals surface area contributed by atoms with Crippen molar-refractivity contribution < 1.29 is 18.0 Å². The van der Waals surface area contributed by atoms with E-state index in [1.165, 1.54) is 12.1 Å². The van der Waals surface area contributed by atoms with Gasteiger partial charge in [0.2, 0.25) is 5.95 Å². The molecule has 0 atom stereocenters. The minimum atomic E-state index is -4.51. The van der Waals surface area contributed by atoms with Gasteiger partial charge in [0.05, 0.1) is 5.56 Å². The molecule has 3 N–H and O–H groups in total. The molecule has 1 heterocycles. The van der Waals surface area contributed by atoms with Gasteiger partial charge in [0, 0.05) is 35.2 Å². The first-order chi connectivity index (χ1) is 14.2. The summed E-state index contributed by atoms with van der Waals surface area (Å²) in [5, 5.41) is 8.79. The summed E-state index contributed by atoms with van der Waals surface area (Å²) in [5.74, 6) is 0.503. The van der Waals surface area contributed by atoms with E-state index < -0.39 is 17.6 Å². The second-order valence-corrected chi connectivity index (χ2v) is 6.48. The first kappa shape index (κ1) is 21.1. The lowest BCUT2D eigenvalue weighted by atomic mass is 10.1. The Morgan fingerprint density at radius 1 is 1.00 bits per heavy atom. The molecule has 0 saturated carbocycles. The fourth-order valence-electron chi connectivity index (χ4n) is 2.70. The average Bonchev–Trinajstić information content (AvgIpc) is 2.69. The third-order valence-electron chi connectivity index (χ3n) is 4.06. The molecule has 9 heteroatoms. The number of alkyl halides is 3. The zero-order valence-corrected chi connectivity index (χ0v) is 16.3. The summed E-state index contributed by atoms with van der Waals surface area (Å²) in [6, 6.07) is 12.8. The molecule has 0 aliphatic rings. The Morgan fingerprint density at radius 2 is 1.70 bits per heavy atom. The Labute approximate surface area is 171 Å². The second kappa shape index (κ2) is 8.81. The molecule has 0 bridgehead atoms. The topological polar surface area (TPSA) is 78.9 Å². The van der Waals surface area contributed by atoms with Crippen molar-refractivity contribution in [3.05, 3.63) is 71.4 Å². The smallest absolute Gasteiger partial charge is 0.370 e. The largest absolute Gasteiger partial charge is 0.416 e. The highest BCUT2D eigenvalue weighted by Gasteiger charge is 2.30. The van der Waals surface area contributed by atoms with Crippen molar-refractivity contribution in [2.24, 2.45) is 0 Å². The molecule has 0 unspecified atom stereocenters.